The highest BCUT2D eigenvalue weighted by Gasteiger charge is 2.17. The number of hydrogen-bond donors (Lipinski definition) is 0. The second kappa shape index (κ2) is 6.36. The van der Waals surface area contributed by atoms with Gasteiger partial charge in [-0.25, -0.2) is 0 Å². The summed E-state index contributed by atoms with van der Waals surface area (Å²) < 4.78 is 0.993. The van der Waals surface area contributed by atoms with Crippen molar-refractivity contribution in [3.05, 3.63) is 69.2 Å². The highest BCUT2D eigenvalue weighted by Crippen LogP contribution is 2.25. The van der Waals surface area contributed by atoms with Gasteiger partial charge in [0.05, 0.1) is 0 Å². The van der Waals surface area contributed by atoms with E-state index in [0.29, 0.717) is 11.4 Å². The molecule has 0 unspecified atom stereocenters. The van der Waals surface area contributed by atoms with Gasteiger partial charge in [-0.15, -0.1) is 0 Å². The molecule has 1 atom stereocenters. The SMILES string of the molecule is CC(=O)[C@H](Cc1ccc(Cl)cc1)c1cccc(Br)c1. The summed E-state index contributed by atoms with van der Waals surface area (Å²) in [7, 11) is 0. The third kappa shape index (κ3) is 3.92. The van der Waals surface area contributed by atoms with E-state index in [-0.39, 0.29) is 11.7 Å². The third-order valence-corrected chi connectivity index (χ3v) is 3.84. The van der Waals surface area contributed by atoms with Crippen LogP contribution in [0.2, 0.25) is 5.02 Å². The maximum Gasteiger partial charge on any atom is 0.137 e. The minimum absolute atomic E-state index is 0.112. The molecule has 0 N–H and O–H groups in total. The summed E-state index contributed by atoms with van der Waals surface area (Å²) in [6.07, 6.45) is 0.697. The van der Waals surface area contributed by atoms with Crippen molar-refractivity contribution in [3.8, 4) is 0 Å². The van der Waals surface area contributed by atoms with Gasteiger partial charge in [-0.05, 0) is 48.7 Å². The molecule has 19 heavy (non-hydrogen) atoms. The van der Waals surface area contributed by atoms with E-state index < -0.39 is 0 Å². The first-order chi connectivity index (χ1) is 9.06. The van der Waals surface area contributed by atoms with Crippen molar-refractivity contribution in [2.45, 2.75) is 19.3 Å². The average Bonchev–Trinajstić information content (AvgIpc) is 2.37. The zero-order valence-corrected chi connectivity index (χ0v) is 12.9. The lowest BCUT2D eigenvalue weighted by atomic mass is 9.89. The van der Waals surface area contributed by atoms with Crippen molar-refractivity contribution in [2.24, 2.45) is 0 Å². The number of carbonyl (C=O) groups excluding carboxylic acids is 1. The van der Waals surface area contributed by atoms with Gasteiger partial charge in [0.1, 0.15) is 5.78 Å². The molecule has 0 fully saturated rings. The lowest BCUT2D eigenvalue weighted by Gasteiger charge is -2.15. The molecule has 0 aliphatic carbocycles. The lowest BCUT2D eigenvalue weighted by Crippen LogP contribution is -2.12. The summed E-state index contributed by atoms with van der Waals surface area (Å²) in [5.41, 5.74) is 2.15. The Kier molecular flexibility index (Phi) is 4.78. The van der Waals surface area contributed by atoms with Crippen LogP contribution in [-0.2, 0) is 11.2 Å². The van der Waals surface area contributed by atoms with Gasteiger partial charge in [0.25, 0.3) is 0 Å². The Balaban J connectivity index is 2.26. The highest BCUT2D eigenvalue weighted by atomic mass is 79.9. The lowest BCUT2D eigenvalue weighted by molar-refractivity contribution is -0.118. The summed E-state index contributed by atoms with van der Waals surface area (Å²) in [5, 5.41) is 0.714. The van der Waals surface area contributed by atoms with Crippen LogP contribution in [0.5, 0.6) is 0 Å². The maximum atomic E-state index is 11.9. The minimum atomic E-state index is -0.112. The van der Waals surface area contributed by atoms with Crippen LogP contribution < -0.4 is 0 Å². The first kappa shape index (κ1) is 14.3. The predicted octanol–water partition coefficient (Wildman–Crippen LogP) is 5.02. The smallest absolute Gasteiger partial charge is 0.137 e. The van der Waals surface area contributed by atoms with E-state index in [1.165, 1.54) is 0 Å². The molecule has 0 saturated carbocycles. The van der Waals surface area contributed by atoms with Crippen LogP contribution in [-0.4, -0.2) is 5.78 Å². The molecule has 98 valence electrons. The van der Waals surface area contributed by atoms with Crippen LogP contribution in [0.4, 0.5) is 0 Å². The summed E-state index contributed by atoms with van der Waals surface area (Å²) in [5.74, 6) is 0.0618. The van der Waals surface area contributed by atoms with Gasteiger partial charge in [0.2, 0.25) is 0 Å². The van der Waals surface area contributed by atoms with Gasteiger partial charge in [0, 0.05) is 15.4 Å². The predicted molar refractivity (Wildman–Crippen MR) is 82.7 cm³/mol. The van der Waals surface area contributed by atoms with Gasteiger partial charge in [0.15, 0.2) is 0 Å². The molecule has 0 amide bonds. The molecule has 0 bridgehead atoms. The van der Waals surface area contributed by atoms with Crippen LogP contribution in [0.3, 0.4) is 0 Å². The molecule has 2 aromatic rings. The van der Waals surface area contributed by atoms with E-state index in [1.807, 2.05) is 48.5 Å². The van der Waals surface area contributed by atoms with Crippen molar-refractivity contribution >= 4 is 33.3 Å². The van der Waals surface area contributed by atoms with Crippen molar-refractivity contribution in [2.75, 3.05) is 0 Å². The molecule has 1 nitrogen and oxygen atoms in total. The van der Waals surface area contributed by atoms with Crippen molar-refractivity contribution in [3.63, 3.8) is 0 Å². The van der Waals surface area contributed by atoms with E-state index in [9.17, 15) is 4.79 Å². The number of ketones is 1. The van der Waals surface area contributed by atoms with Crippen LogP contribution in [0.15, 0.2) is 53.0 Å². The molecule has 2 aromatic carbocycles. The number of Topliss-reactive ketones (excluding diaryl/α,β-unsaturated/α-hetero) is 1. The third-order valence-electron chi connectivity index (χ3n) is 3.09. The van der Waals surface area contributed by atoms with E-state index in [1.54, 1.807) is 6.92 Å². The molecule has 0 radical (unpaired) electrons. The Morgan fingerprint density at radius 2 is 1.89 bits per heavy atom. The molecular formula is C16H14BrClO. The summed E-state index contributed by atoms with van der Waals surface area (Å²) >= 11 is 9.32. The Morgan fingerprint density at radius 3 is 2.47 bits per heavy atom. The second-order valence-electron chi connectivity index (χ2n) is 4.55. The first-order valence-corrected chi connectivity index (χ1v) is 7.23. The number of rotatable bonds is 4. The fourth-order valence-corrected chi connectivity index (χ4v) is 2.62. The summed E-state index contributed by atoms with van der Waals surface area (Å²) in [6.45, 7) is 1.64. The number of halogens is 2. The maximum absolute atomic E-state index is 11.9. The van der Waals surface area contributed by atoms with Gasteiger partial charge >= 0.3 is 0 Å². The van der Waals surface area contributed by atoms with Crippen molar-refractivity contribution < 1.29 is 4.79 Å². The van der Waals surface area contributed by atoms with E-state index in [4.69, 9.17) is 11.6 Å². The molecule has 0 aliphatic heterocycles. The highest BCUT2D eigenvalue weighted by molar-refractivity contribution is 9.10. The first-order valence-electron chi connectivity index (χ1n) is 6.06. The molecule has 0 heterocycles. The minimum Gasteiger partial charge on any atom is -0.299 e. The zero-order chi connectivity index (χ0) is 13.8. The Bertz CT molecular complexity index is 578. The van der Waals surface area contributed by atoms with Crippen LogP contribution >= 0.6 is 27.5 Å². The van der Waals surface area contributed by atoms with Gasteiger partial charge < -0.3 is 0 Å². The molecule has 0 aromatic heterocycles. The average molecular weight is 338 g/mol. The van der Waals surface area contributed by atoms with Gasteiger partial charge in [-0.3, -0.25) is 4.79 Å². The fourth-order valence-electron chi connectivity index (χ4n) is 2.08. The standard InChI is InChI=1S/C16H14BrClO/c1-11(19)16(13-3-2-4-14(17)10-13)9-12-5-7-15(18)8-6-12/h2-8,10,16H,9H2,1H3/t16-/m0/s1. The van der Waals surface area contributed by atoms with Crippen LogP contribution in [0, 0.1) is 0 Å². The van der Waals surface area contributed by atoms with Gasteiger partial charge in [-0.1, -0.05) is 51.8 Å². The summed E-state index contributed by atoms with van der Waals surface area (Å²) in [6, 6.07) is 15.6. The Hall–Kier alpha value is -1.12. The van der Waals surface area contributed by atoms with E-state index in [0.717, 1.165) is 15.6 Å². The topological polar surface area (TPSA) is 17.1 Å². The molecular weight excluding hydrogens is 324 g/mol. The molecule has 0 aliphatic rings. The number of benzene rings is 2. The van der Waals surface area contributed by atoms with E-state index >= 15 is 0 Å². The van der Waals surface area contributed by atoms with Crippen LogP contribution in [0.1, 0.15) is 24.0 Å². The Labute approximate surface area is 126 Å². The zero-order valence-electron chi connectivity index (χ0n) is 10.6. The van der Waals surface area contributed by atoms with Crippen molar-refractivity contribution in [1.29, 1.82) is 0 Å². The van der Waals surface area contributed by atoms with E-state index in [2.05, 4.69) is 15.9 Å². The number of hydrogen-bond acceptors (Lipinski definition) is 1. The summed E-state index contributed by atoms with van der Waals surface area (Å²) in [4.78, 5) is 11.9. The van der Waals surface area contributed by atoms with Crippen LogP contribution in [0.25, 0.3) is 0 Å². The normalized spacial score (nSPS) is 12.2. The quantitative estimate of drug-likeness (QED) is 0.766. The molecule has 3 heteroatoms. The van der Waals surface area contributed by atoms with Gasteiger partial charge in [-0.2, -0.15) is 0 Å². The molecule has 2 rings (SSSR count). The Morgan fingerprint density at radius 1 is 1.21 bits per heavy atom. The molecule has 0 spiro atoms. The number of carbonyl (C=O) groups is 1. The second-order valence-corrected chi connectivity index (χ2v) is 5.90. The monoisotopic (exact) mass is 336 g/mol. The van der Waals surface area contributed by atoms with Crippen molar-refractivity contribution in [1.82, 2.24) is 0 Å². The molecule has 0 saturated heterocycles. The largest absolute Gasteiger partial charge is 0.299 e. The fraction of sp³-hybridized carbons (Fsp3) is 0.188.